The molecule has 0 amide bonds. The summed E-state index contributed by atoms with van der Waals surface area (Å²) in [5, 5.41) is 19.0. The normalized spacial score (nSPS) is 17.2. The molecule has 1 rings (SSSR count). The summed E-state index contributed by atoms with van der Waals surface area (Å²) in [6, 6.07) is 0. The summed E-state index contributed by atoms with van der Waals surface area (Å²) in [5.41, 5.74) is -0.678. The maximum atomic E-state index is 10.5. The van der Waals surface area contributed by atoms with E-state index in [0.717, 1.165) is 12.4 Å². The summed E-state index contributed by atoms with van der Waals surface area (Å²) in [6.45, 7) is 3.06. The first-order valence-electron chi connectivity index (χ1n) is 3.17. The molecule has 1 heterocycles. The maximum absolute atomic E-state index is 10.5. The first kappa shape index (κ1) is 9.04. The molecule has 0 unspecified atom stereocenters. The summed E-state index contributed by atoms with van der Waals surface area (Å²) in [7, 11) is 0. The summed E-state index contributed by atoms with van der Waals surface area (Å²) >= 11 is 0. The van der Waals surface area contributed by atoms with Gasteiger partial charge in [0.1, 0.15) is 0 Å². The fourth-order valence-corrected chi connectivity index (χ4v) is 0.812. The molecule has 0 atom stereocenters. The smallest absolute Gasteiger partial charge is 0.445 e. The largest absolute Gasteiger partial charge is 0.478 e. The van der Waals surface area contributed by atoms with Gasteiger partial charge in [0.15, 0.2) is 5.57 Å². The molecule has 0 aromatic rings. The zero-order valence-electron chi connectivity index (χ0n) is 6.38. The summed E-state index contributed by atoms with van der Waals surface area (Å²) in [5.74, 6) is -3.75. The minimum atomic E-state index is -2.26. The SMILES string of the molecule is C=C(C(=O)O)C1([N+](=O)[O-])N=CC=N1. The van der Waals surface area contributed by atoms with Crippen molar-refractivity contribution in [2.24, 2.45) is 9.98 Å². The molecule has 0 spiro atoms. The fraction of sp³-hybridized carbons (Fsp3) is 0.167. The molecule has 0 saturated carbocycles. The van der Waals surface area contributed by atoms with Crippen molar-refractivity contribution in [2.75, 3.05) is 0 Å². The Labute approximate surface area is 72.3 Å². The highest BCUT2D eigenvalue weighted by Gasteiger charge is 2.50. The average Bonchev–Trinajstić information content (AvgIpc) is 2.51. The number of aliphatic carboxylic acids is 1. The summed E-state index contributed by atoms with van der Waals surface area (Å²) < 4.78 is 0. The van der Waals surface area contributed by atoms with Crippen molar-refractivity contribution in [3.63, 3.8) is 0 Å². The van der Waals surface area contributed by atoms with Gasteiger partial charge in [0.05, 0.1) is 4.92 Å². The van der Waals surface area contributed by atoms with E-state index in [1.54, 1.807) is 0 Å². The van der Waals surface area contributed by atoms with Crippen LogP contribution in [0, 0.1) is 10.1 Å². The van der Waals surface area contributed by atoms with Crippen LogP contribution in [0.3, 0.4) is 0 Å². The van der Waals surface area contributed by atoms with E-state index in [9.17, 15) is 14.9 Å². The second-order valence-electron chi connectivity index (χ2n) is 2.23. The number of aliphatic imine (C=N–C) groups is 2. The molecule has 0 bridgehead atoms. The number of rotatable bonds is 3. The van der Waals surface area contributed by atoms with E-state index in [2.05, 4.69) is 16.6 Å². The van der Waals surface area contributed by atoms with Gasteiger partial charge < -0.3 is 5.11 Å². The Hall–Kier alpha value is -2.05. The van der Waals surface area contributed by atoms with Crippen molar-refractivity contribution in [1.29, 1.82) is 0 Å². The minimum Gasteiger partial charge on any atom is -0.478 e. The summed E-state index contributed by atoms with van der Waals surface area (Å²) in [6.07, 6.45) is 2.13. The highest BCUT2D eigenvalue weighted by atomic mass is 16.6. The van der Waals surface area contributed by atoms with Crippen molar-refractivity contribution in [2.45, 2.75) is 5.79 Å². The second-order valence-corrected chi connectivity index (χ2v) is 2.23. The van der Waals surface area contributed by atoms with Crippen LogP contribution in [0.1, 0.15) is 0 Å². The molecule has 1 aliphatic rings. The van der Waals surface area contributed by atoms with Gasteiger partial charge in [0, 0.05) is 12.4 Å². The van der Waals surface area contributed by atoms with Crippen LogP contribution < -0.4 is 0 Å². The molecule has 0 aromatic heterocycles. The van der Waals surface area contributed by atoms with Crippen molar-refractivity contribution in [1.82, 2.24) is 0 Å². The third-order valence-electron chi connectivity index (χ3n) is 1.49. The van der Waals surface area contributed by atoms with Gasteiger partial charge in [0.25, 0.3) is 0 Å². The van der Waals surface area contributed by atoms with Crippen LogP contribution in [0.4, 0.5) is 0 Å². The number of nitro groups is 1. The van der Waals surface area contributed by atoms with E-state index in [-0.39, 0.29) is 0 Å². The third kappa shape index (κ3) is 1.19. The Balaban J connectivity index is 3.14. The molecule has 0 aromatic carbocycles. The van der Waals surface area contributed by atoms with Gasteiger partial charge in [-0.25, -0.2) is 4.79 Å². The zero-order chi connectivity index (χ0) is 10.1. The van der Waals surface area contributed by atoms with Gasteiger partial charge in [-0.1, -0.05) is 6.58 Å². The number of carboxylic acid groups (broad SMARTS) is 1. The summed E-state index contributed by atoms with van der Waals surface area (Å²) in [4.78, 5) is 26.8. The number of hydrogen-bond acceptors (Lipinski definition) is 5. The quantitative estimate of drug-likeness (QED) is 0.368. The van der Waals surface area contributed by atoms with Crippen molar-refractivity contribution >= 4 is 18.4 Å². The van der Waals surface area contributed by atoms with Gasteiger partial charge in [0.2, 0.25) is 0 Å². The Morgan fingerprint density at radius 1 is 1.54 bits per heavy atom. The molecule has 0 saturated heterocycles. The monoisotopic (exact) mass is 183 g/mol. The van der Waals surface area contributed by atoms with Crippen molar-refractivity contribution < 1.29 is 14.8 Å². The highest BCUT2D eigenvalue weighted by Crippen LogP contribution is 2.24. The van der Waals surface area contributed by atoms with Crippen LogP contribution in [-0.2, 0) is 4.79 Å². The Kier molecular flexibility index (Phi) is 1.93. The first-order chi connectivity index (χ1) is 6.00. The maximum Gasteiger partial charge on any atom is 0.445 e. The van der Waals surface area contributed by atoms with E-state index in [0.29, 0.717) is 0 Å². The van der Waals surface area contributed by atoms with E-state index < -0.39 is 22.3 Å². The number of carboxylic acids is 1. The van der Waals surface area contributed by atoms with Crippen molar-refractivity contribution in [3.8, 4) is 0 Å². The molecule has 0 fully saturated rings. The molecular weight excluding hydrogens is 178 g/mol. The van der Waals surface area contributed by atoms with Crippen LogP contribution in [0.2, 0.25) is 0 Å². The molecule has 68 valence electrons. The first-order valence-corrected chi connectivity index (χ1v) is 3.17. The molecule has 13 heavy (non-hydrogen) atoms. The van der Waals surface area contributed by atoms with Gasteiger partial charge in [-0.3, -0.25) is 10.1 Å². The molecule has 1 aliphatic heterocycles. The second kappa shape index (κ2) is 2.77. The van der Waals surface area contributed by atoms with E-state index >= 15 is 0 Å². The lowest BCUT2D eigenvalue weighted by molar-refractivity contribution is -0.552. The van der Waals surface area contributed by atoms with Gasteiger partial charge in [-0.05, 0) is 0 Å². The lowest BCUT2D eigenvalue weighted by Crippen LogP contribution is -2.37. The Bertz CT molecular complexity index is 332. The van der Waals surface area contributed by atoms with Crippen LogP contribution in [0.25, 0.3) is 0 Å². The van der Waals surface area contributed by atoms with Gasteiger partial charge >= 0.3 is 11.8 Å². The lowest BCUT2D eigenvalue weighted by atomic mass is 10.2. The zero-order valence-corrected chi connectivity index (χ0v) is 6.38. The van der Waals surface area contributed by atoms with E-state index in [1.807, 2.05) is 0 Å². The number of hydrogen-bond donors (Lipinski definition) is 1. The lowest BCUT2D eigenvalue weighted by Gasteiger charge is -2.12. The molecule has 0 radical (unpaired) electrons. The number of nitrogens with zero attached hydrogens (tertiary/aromatic N) is 3. The highest BCUT2D eigenvalue weighted by molar-refractivity contribution is 6.18. The topological polar surface area (TPSA) is 105 Å². The Morgan fingerprint density at radius 3 is 2.31 bits per heavy atom. The van der Waals surface area contributed by atoms with Gasteiger partial charge in [-0.15, -0.1) is 0 Å². The minimum absolute atomic E-state index is 0.678. The standard InChI is InChI=1S/C6H5N3O4/c1-4(5(10)11)6(9(12)13)7-2-3-8-6/h2-3H,1H2,(H,10,11). The predicted octanol–water partition coefficient (Wildman–Crippen LogP) is -0.287. The molecule has 7 heteroatoms. The predicted molar refractivity (Wildman–Crippen MR) is 43.5 cm³/mol. The van der Waals surface area contributed by atoms with Crippen LogP contribution in [0.5, 0.6) is 0 Å². The van der Waals surface area contributed by atoms with E-state index in [1.165, 1.54) is 0 Å². The van der Waals surface area contributed by atoms with Crippen LogP contribution in [-0.4, -0.2) is 34.2 Å². The molecule has 0 aliphatic carbocycles. The van der Waals surface area contributed by atoms with Crippen LogP contribution >= 0.6 is 0 Å². The molecule has 7 nitrogen and oxygen atoms in total. The number of carbonyl (C=O) groups is 1. The molecular formula is C6H5N3O4. The average molecular weight is 183 g/mol. The van der Waals surface area contributed by atoms with E-state index in [4.69, 9.17) is 5.11 Å². The molecule has 1 N–H and O–H groups in total. The third-order valence-corrected chi connectivity index (χ3v) is 1.49. The van der Waals surface area contributed by atoms with Gasteiger partial charge in [-0.2, -0.15) is 9.98 Å². The fourth-order valence-electron chi connectivity index (χ4n) is 0.812. The van der Waals surface area contributed by atoms with Crippen molar-refractivity contribution in [3.05, 3.63) is 22.3 Å². The Morgan fingerprint density at radius 2 is 2.00 bits per heavy atom. The van der Waals surface area contributed by atoms with Crippen LogP contribution in [0.15, 0.2) is 22.1 Å².